The fourth-order valence-electron chi connectivity index (χ4n) is 4.36. The largest absolute Gasteiger partial charge is 0.493 e. The van der Waals surface area contributed by atoms with E-state index in [1.165, 1.54) is 5.56 Å². The van der Waals surface area contributed by atoms with Gasteiger partial charge in [-0.05, 0) is 49.5 Å². The zero-order valence-electron chi connectivity index (χ0n) is 16.6. The van der Waals surface area contributed by atoms with Crippen LogP contribution in [0.5, 0.6) is 11.5 Å². The summed E-state index contributed by atoms with van der Waals surface area (Å²) in [5.74, 6) is 1.98. The molecule has 1 fully saturated rings. The van der Waals surface area contributed by atoms with Crippen LogP contribution in [0.3, 0.4) is 0 Å². The van der Waals surface area contributed by atoms with Gasteiger partial charge in [-0.3, -0.25) is 9.69 Å². The molecule has 0 saturated carbocycles. The van der Waals surface area contributed by atoms with Gasteiger partial charge in [-0.15, -0.1) is 0 Å². The summed E-state index contributed by atoms with van der Waals surface area (Å²) < 4.78 is 10.9. The van der Waals surface area contributed by atoms with Crippen molar-refractivity contribution in [3.05, 3.63) is 70.8 Å². The molecule has 2 aromatic rings. The number of hydrogen-bond acceptors (Lipinski definition) is 4. The summed E-state index contributed by atoms with van der Waals surface area (Å²) in [5.41, 5.74) is 3.98. The average molecular weight is 377 g/mol. The van der Waals surface area contributed by atoms with Crippen LogP contribution in [0.1, 0.15) is 34.3 Å². The molecular weight excluding hydrogens is 350 g/mol. The lowest BCUT2D eigenvalue weighted by Crippen LogP contribution is -2.32. The first-order valence-corrected chi connectivity index (χ1v) is 9.95. The molecule has 1 saturated heterocycles. The Morgan fingerprint density at radius 2 is 1.79 bits per heavy atom. The summed E-state index contributed by atoms with van der Waals surface area (Å²) >= 11 is 0. The lowest BCUT2D eigenvalue weighted by molar-refractivity contribution is 0.103. The second kappa shape index (κ2) is 8.19. The first kappa shape index (κ1) is 18.8. The maximum absolute atomic E-state index is 12.9. The Morgan fingerprint density at radius 1 is 1.04 bits per heavy atom. The van der Waals surface area contributed by atoms with Crippen molar-refractivity contribution in [2.75, 3.05) is 27.3 Å². The van der Waals surface area contributed by atoms with E-state index in [0.717, 1.165) is 49.2 Å². The van der Waals surface area contributed by atoms with Crippen molar-refractivity contribution in [1.29, 1.82) is 0 Å². The summed E-state index contributed by atoms with van der Waals surface area (Å²) in [4.78, 5) is 15.4. The molecule has 0 N–H and O–H groups in total. The Balaban J connectivity index is 1.42. The number of carbonyl (C=O) groups excluding carboxylic acids is 1. The standard InChI is InChI=1S/C24H27NO3/c1-27-22-9-8-20-21(24(22)28-2)15-19(23(20)26)14-17-10-12-25(13-11-17)16-18-6-4-3-5-7-18/h3-9,14,17H,10-13,15-16H2,1-2H3/b19-14+. The predicted molar refractivity (Wildman–Crippen MR) is 110 cm³/mol. The van der Waals surface area contributed by atoms with E-state index < -0.39 is 0 Å². The summed E-state index contributed by atoms with van der Waals surface area (Å²) in [6, 6.07) is 14.3. The summed E-state index contributed by atoms with van der Waals surface area (Å²) in [7, 11) is 3.26. The average Bonchev–Trinajstić information content (AvgIpc) is 3.05. The number of piperidine rings is 1. The first-order valence-electron chi connectivity index (χ1n) is 9.95. The molecule has 146 valence electrons. The highest BCUT2D eigenvalue weighted by Crippen LogP contribution is 2.40. The maximum Gasteiger partial charge on any atom is 0.189 e. The highest BCUT2D eigenvalue weighted by molar-refractivity contribution is 6.13. The van der Waals surface area contributed by atoms with Crippen molar-refractivity contribution >= 4 is 5.78 Å². The van der Waals surface area contributed by atoms with Crippen LogP contribution in [0.25, 0.3) is 0 Å². The Bertz CT molecular complexity index is 880. The van der Waals surface area contributed by atoms with E-state index in [1.807, 2.05) is 12.1 Å². The van der Waals surface area contributed by atoms with Gasteiger partial charge >= 0.3 is 0 Å². The van der Waals surface area contributed by atoms with Gasteiger partial charge < -0.3 is 9.47 Å². The molecule has 4 heteroatoms. The minimum Gasteiger partial charge on any atom is -0.493 e. The van der Waals surface area contributed by atoms with Gasteiger partial charge in [0.2, 0.25) is 0 Å². The number of carbonyl (C=O) groups is 1. The van der Waals surface area contributed by atoms with Crippen LogP contribution >= 0.6 is 0 Å². The van der Waals surface area contributed by atoms with E-state index in [4.69, 9.17) is 9.47 Å². The van der Waals surface area contributed by atoms with Crippen molar-refractivity contribution in [1.82, 2.24) is 4.90 Å². The Morgan fingerprint density at radius 3 is 2.46 bits per heavy atom. The highest BCUT2D eigenvalue weighted by atomic mass is 16.5. The molecule has 2 aromatic carbocycles. The van der Waals surface area contributed by atoms with E-state index >= 15 is 0 Å². The zero-order chi connectivity index (χ0) is 19.5. The van der Waals surface area contributed by atoms with Crippen molar-refractivity contribution < 1.29 is 14.3 Å². The van der Waals surface area contributed by atoms with Crippen LogP contribution in [0.4, 0.5) is 0 Å². The molecule has 0 radical (unpaired) electrons. The quantitative estimate of drug-likeness (QED) is 0.729. The maximum atomic E-state index is 12.9. The van der Waals surface area contributed by atoms with E-state index in [0.29, 0.717) is 23.8 Å². The van der Waals surface area contributed by atoms with Crippen LogP contribution in [-0.4, -0.2) is 38.0 Å². The molecule has 4 rings (SSSR count). The van der Waals surface area contributed by atoms with Crippen LogP contribution in [0.2, 0.25) is 0 Å². The zero-order valence-corrected chi connectivity index (χ0v) is 16.6. The summed E-state index contributed by atoms with van der Waals surface area (Å²) in [5, 5.41) is 0. The number of ether oxygens (including phenoxy) is 2. The van der Waals surface area contributed by atoms with Gasteiger partial charge in [0.25, 0.3) is 0 Å². The lowest BCUT2D eigenvalue weighted by Gasteiger charge is -2.30. The van der Waals surface area contributed by atoms with Crippen LogP contribution in [-0.2, 0) is 13.0 Å². The second-order valence-electron chi connectivity index (χ2n) is 7.62. The van der Waals surface area contributed by atoms with E-state index in [9.17, 15) is 4.79 Å². The Kier molecular flexibility index (Phi) is 5.49. The Labute approximate surface area is 166 Å². The molecule has 0 bridgehead atoms. The number of benzene rings is 2. The van der Waals surface area contributed by atoms with Gasteiger partial charge in [-0.25, -0.2) is 0 Å². The van der Waals surface area contributed by atoms with Gasteiger partial charge in [-0.1, -0.05) is 36.4 Å². The number of likely N-dealkylation sites (tertiary alicyclic amines) is 1. The molecule has 0 spiro atoms. The van der Waals surface area contributed by atoms with E-state index in [-0.39, 0.29) is 5.78 Å². The van der Waals surface area contributed by atoms with E-state index in [2.05, 4.69) is 41.3 Å². The monoisotopic (exact) mass is 377 g/mol. The predicted octanol–water partition coefficient (Wildman–Crippen LogP) is 4.28. The lowest BCUT2D eigenvalue weighted by atomic mass is 9.93. The molecule has 2 aliphatic rings. The normalized spacial score (nSPS) is 19.1. The first-order chi connectivity index (χ1) is 13.7. The van der Waals surface area contributed by atoms with Gasteiger partial charge in [0.15, 0.2) is 17.3 Å². The van der Waals surface area contributed by atoms with Crippen molar-refractivity contribution in [2.24, 2.45) is 5.92 Å². The molecule has 28 heavy (non-hydrogen) atoms. The van der Waals surface area contributed by atoms with Gasteiger partial charge in [0, 0.05) is 29.7 Å². The Hall–Kier alpha value is -2.59. The SMILES string of the molecule is COc1ccc2c(c1OC)C/C(=C\C1CCN(Cc3ccccc3)CC1)C2=O. The highest BCUT2D eigenvalue weighted by Gasteiger charge is 2.30. The number of allylic oxidation sites excluding steroid dienone is 2. The summed E-state index contributed by atoms with van der Waals surface area (Å²) in [6.07, 6.45) is 5.05. The molecule has 0 aromatic heterocycles. The number of nitrogens with zero attached hydrogens (tertiary/aromatic N) is 1. The molecule has 0 amide bonds. The van der Waals surface area contributed by atoms with Gasteiger partial charge in [0.05, 0.1) is 14.2 Å². The fourth-order valence-corrected chi connectivity index (χ4v) is 4.36. The third kappa shape index (κ3) is 3.69. The number of hydrogen-bond donors (Lipinski definition) is 0. The van der Waals surface area contributed by atoms with Crippen LogP contribution < -0.4 is 9.47 Å². The molecule has 0 unspecified atom stereocenters. The molecular formula is C24H27NO3. The third-order valence-corrected chi connectivity index (χ3v) is 5.87. The van der Waals surface area contributed by atoms with Crippen molar-refractivity contribution in [3.8, 4) is 11.5 Å². The van der Waals surface area contributed by atoms with Crippen LogP contribution in [0.15, 0.2) is 54.1 Å². The van der Waals surface area contributed by atoms with Crippen molar-refractivity contribution in [2.45, 2.75) is 25.8 Å². The number of ketones is 1. The number of fused-ring (bicyclic) bond motifs is 1. The minimum atomic E-state index is 0.141. The number of rotatable bonds is 5. The molecule has 4 nitrogen and oxygen atoms in total. The fraction of sp³-hybridized carbons (Fsp3) is 0.375. The van der Waals surface area contributed by atoms with Gasteiger partial charge in [-0.2, -0.15) is 0 Å². The smallest absolute Gasteiger partial charge is 0.189 e. The van der Waals surface area contributed by atoms with Gasteiger partial charge in [0.1, 0.15) is 0 Å². The van der Waals surface area contributed by atoms with Crippen LogP contribution in [0, 0.1) is 5.92 Å². The number of methoxy groups -OCH3 is 2. The topological polar surface area (TPSA) is 38.8 Å². The molecule has 0 atom stereocenters. The summed E-state index contributed by atoms with van der Waals surface area (Å²) in [6.45, 7) is 3.15. The molecule has 1 aliphatic carbocycles. The third-order valence-electron chi connectivity index (χ3n) is 5.87. The number of Topliss-reactive ketones (excluding diaryl/α,β-unsaturated/α-hetero) is 1. The van der Waals surface area contributed by atoms with E-state index in [1.54, 1.807) is 14.2 Å². The minimum absolute atomic E-state index is 0.141. The molecule has 1 heterocycles. The van der Waals surface area contributed by atoms with Crippen molar-refractivity contribution in [3.63, 3.8) is 0 Å². The second-order valence-corrected chi connectivity index (χ2v) is 7.62. The molecule has 1 aliphatic heterocycles.